The molecule has 1 atom stereocenters. The second-order valence-electron chi connectivity index (χ2n) is 7.53. The summed E-state index contributed by atoms with van der Waals surface area (Å²) >= 11 is 0. The Morgan fingerprint density at radius 3 is 2.46 bits per heavy atom. The van der Waals surface area contributed by atoms with Gasteiger partial charge in [-0.1, -0.05) is 6.07 Å². The Labute approximate surface area is 164 Å². The number of imide groups is 1. The van der Waals surface area contributed by atoms with Crippen LogP contribution in [0.3, 0.4) is 0 Å². The number of amides is 3. The lowest BCUT2D eigenvalue weighted by molar-refractivity contribution is -0.127. The first-order valence-electron chi connectivity index (χ1n) is 8.83. The molecule has 1 unspecified atom stereocenters. The van der Waals surface area contributed by atoms with Crippen molar-refractivity contribution in [2.45, 2.75) is 45.8 Å². The van der Waals surface area contributed by atoms with Gasteiger partial charge in [-0.15, -0.1) is 0 Å². The van der Waals surface area contributed by atoms with Crippen molar-refractivity contribution in [1.82, 2.24) is 10.6 Å². The molecule has 1 saturated heterocycles. The zero-order valence-corrected chi connectivity index (χ0v) is 17.1. The van der Waals surface area contributed by atoms with Crippen LogP contribution < -0.4 is 14.9 Å². The molecule has 0 spiro atoms. The molecule has 1 aromatic carbocycles. The summed E-state index contributed by atoms with van der Waals surface area (Å²) < 4.78 is 30.4. The van der Waals surface area contributed by atoms with Crippen molar-refractivity contribution in [2.75, 3.05) is 16.6 Å². The van der Waals surface area contributed by atoms with Gasteiger partial charge in [0.2, 0.25) is 10.0 Å². The fourth-order valence-corrected chi connectivity index (χ4v) is 4.14. The van der Waals surface area contributed by atoms with E-state index in [1.807, 2.05) is 0 Å². The van der Waals surface area contributed by atoms with Crippen LogP contribution in [0.15, 0.2) is 24.3 Å². The molecular weight excluding hydrogens is 386 g/mol. The number of hydrogen-bond donors (Lipinski definition) is 2. The molecule has 1 aliphatic rings. The van der Waals surface area contributed by atoms with Crippen LogP contribution in [0.5, 0.6) is 0 Å². The predicted octanol–water partition coefficient (Wildman–Crippen LogP) is 1.40. The predicted molar refractivity (Wildman–Crippen MR) is 103 cm³/mol. The maximum Gasteiger partial charge on any atom is 0.338 e. The SMILES string of the molecule is CC(OC(=O)c1cccc(N2CCCS2(=O)=O)c1)C(=O)NC(=O)NC(C)(C)C. The van der Waals surface area contributed by atoms with Gasteiger partial charge >= 0.3 is 12.0 Å². The normalized spacial score (nSPS) is 16.9. The number of ether oxygens (including phenoxy) is 1. The third kappa shape index (κ3) is 5.69. The Kier molecular flexibility index (Phi) is 6.33. The number of carbonyl (C=O) groups is 3. The molecular formula is C18H25N3O6S. The maximum absolute atomic E-state index is 12.3. The Morgan fingerprint density at radius 2 is 1.89 bits per heavy atom. The molecule has 2 N–H and O–H groups in total. The standard InChI is InChI=1S/C18H25N3O6S/c1-12(15(22)19-17(24)20-18(2,3)4)27-16(23)13-7-5-8-14(11-13)21-9-6-10-28(21,25)26/h5,7-8,11-12H,6,9-10H2,1-4H3,(H2,19,20,22,24). The van der Waals surface area contributed by atoms with Crippen molar-refractivity contribution < 1.29 is 27.5 Å². The molecule has 9 nitrogen and oxygen atoms in total. The molecule has 0 radical (unpaired) electrons. The average molecular weight is 411 g/mol. The Balaban J connectivity index is 2.01. The summed E-state index contributed by atoms with van der Waals surface area (Å²) in [6, 6.07) is 5.31. The average Bonchev–Trinajstić information content (AvgIpc) is 2.92. The summed E-state index contributed by atoms with van der Waals surface area (Å²) in [7, 11) is -3.37. The molecule has 1 heterocycles. The van der Waals surface area contributed by atoms with Crippen LogP contribution in [0.2, 0.25) is 0 Å². The van der Waals surface area contributed by atoms with E-state index in [9.17, 15) is 22.8 Å². The second kappa shape index (κ2) is 8.17. The highest BCUT2D eigenvalue weighted by atomic mass is 32.2. The summed E-state index contributed by atoms with van der Waals surface area (Å²) in [4.78, 5) is 36.1. The van der Waals surface area contributed by atoms with E-state index in [0.717, 1.165) is 0 Å². The van der Waals surface area contributed by atoms with Crippen LogP contribution in [0.25, 0.3) is 0 Å². The lowest BCUT2D eigenvalue weighted by Crippen LogP contribution is -2.50. The van der Waals surface area contributed by atoms with Gasteiger partial charge in [-0.25, -0.2) is 18.0 Å². The first-order chi connectivity index (χ1) is 12.9. The number of urea groups is 1. The topological polar surface area (TPSA) is 122 Å². The second-order valence-corrected chi connectivity index (χ2v) is 9.55. The van der Waals surface area contributed by atoms with Gasteiger partial charge in [0.15, 0.2) is 6.10 Å². The van der Waals surface area contributed by atoms with E-state index in [1.165, 1.54) is 23.4 Å². The van der Waals surface area contributed by atoms with Crippen molar-refractivity contribution in [1.29, 1.82) is 0 Å². The highest BCUT2D eigenvalue weighted by Crippen LogP contribution is 2.25. The minimum atomic E-state index is -3.37. The summed E-state index contributed by atoms with van der Waals surface area (Å²) in [5, 5.41) is 4.67. The van der Waals surface area contributed by atoms with Crippen LogP contribution in [-0.2, 0) is 19.6 Å². The third-order valence-electron chi connectivity index (χ3n) is 3.85. The van der Waals surface area contributed by atoms with Crippen molar-refractivity contribution >= 4 is 33.6 Å². The Bertz CT molecular complexity index is 876. The summed E-state index contributed by atoms with van der Waals surface area (Å²) in [6.45, 7) is 6.96. The molecule has 0 aromatic heterocycles. The largest absolute Gasteiger partial charge is 0.449 e. The summed E-state index contributed by atoms with van der Waals surface area (Å²) in [5.74, 6) is -1.50. The molecule has 10 heteroatoms. The number of rotatable bonds is 4. The van der Waals surface area contributed by atoms with E-state index in [1.54, 1.807) is 32.9 Å². The Hall–Kier alpha value is -2.62. The number of sulfonamides is 1. The van der Waals surface area contributed by atoms with Crippen LogP contribution >= 0.6 is 0 Å². The number of carbonyl (C=O) groups excluding carboxylic acids is 3. The molecule has 1 aliphatic heterocycles. The quantitative estimate of drug-likeness (QED) is 0.722. The molecule has 0 bridgehead atoms. The highest BCUT2D eigenvalue weighted by molar-refractivity contribution is 7.93. The zero-order chi connectivity index (χ0) is 21.1. The van der Waals surface area contributed by atoms with Gasteiger partial charge in [0.1, 0.15) is 0 Å². The van der Waals surface area contributed by atoms with Crippen LogP contribution in [-0.4, -0.2) is 50.3 Å². The fourth-order valence-electron chi connectivity index (χ4n) is 2.59. The number of nitrogens with one attached hydrogen (secondary N) is 2. The van der Waals surface area contributed by atoms with Crippen molar-refractivity contribution in [2.24, 2.45) is 0 Å². The van der Waals surface area contributed by atoms with Gasteiger partial charge in [-0.2, -0.15) is 0 Å². The maximum atomic E-state index is 12.3. The van der Waals surface area contributed by atoms with E-state index in [4.69, 9.17) is 4.74 Å². The molecule has 3 amide bonds. The van der Waals surface area contributed by atoms with E-state index < -0.39 is 39.6 Å². The summed E-state index contributed by atoms with van der Waals surface area (Å²) in [5.41, 5.74) is -0.0485. The van der Waals surface area contributed by atoms with E-state index in [2.05, 4.69) is 10.6 Å². The van der Waals surface area contributed by atoms with Gasteiger partial charge in [0.25, 0.3) is 5.91 Å². The molecule has 2 rings (SSSR count). The van der Waals surface area contributed by atoms with Gasteiger partial charge < -0.3 is 10.1 Å². The van der Waals surface area contributed by atoms with Crippen molar-refractivity contribution in [3.63, 3.8) is 0 Å². The number of hydrogen-bond acceptors (Lipinski definition) is 6. The minimum absolute atomic E-state index is 0.0650. The first kappa shape index (κ1) is 21.7. The molecule has 1 aromatic rings. The van der Waals surface area contributed by atoms with Crippen molar-refractivity contribution in [3.05, 3.63) is 29.8 Å². The first-order valence-corrected chi connectivity index (χ1v) is 10.4. The van der Waals surface area contributed by atoms with Crippen LogP contribution in [0.1, 0.15) is 44.5 Å². The number of benzene rings is 1. The minimum Gasteiger partial charge on any atom is -0.449 e. The highest BCUT2D eigenvalue weighted by Gasteiger charge is 2.29. The fraction of sp³-hybridized carbons (Fsp3) is 0.500. The number of nitrogens with zero attached hydrogens (tertiary/aromatic N) is 1. The van der Waals surface area contributed by atoms with Crippen molar-refractivity contribution in [3.8, 4) is 0 Å². The number of anilines is 1. The lowest BCUT2D eigenvalue weighted by atomic mass is 10.1. The summed E-state index contributed by atoms with van der Waals surface area (Å²) in [6.07, 6.45) is -0.692. The monoisotopic (exact) mass is 411 g/mol. The lowest BCUT2D eigenvalue weighted by Gasteiger charge is -2.21. The third-order valence-corrected chi connectivity index (χ3v) is 5.72. The molecule has 1 fully saturated rings. The molecule has 28 heavy (non-hydrogen) atoms. The smallest absolute Gasteiger partial charge is 0.338 e. The zero-order valence-electron chi connectivity index (χ0n) is 16.3. The van der Waals surface area contributed by atoms with Gasteiger partial charge in [-0.3, -0.25) is 14.4 Å². The van der Waals surface area contributed by atoms with E-state index in [0.29, 0.717) is 18.7 Å². The molecule has 0 saturated carbocycles. The van der Waals surface area contributed by atoms with E-state index in [-0.39, 0.29) is 11.3 Å². The Morgan fingerprint density at radius 1 is 1.21 bits per heavy atom. The van der Waals surface area contributed by atoms with Gasteiger partial charge in [-0.05, 0) is 52.3 Å². The van der Waals surface area contributed by atoms with Gasteiger partial charge in [0.05, 0.1) is 17.0 Å². The van der Waals surface area contributed by atoms with E-state index >= 15 is 0 Å². The number of esters is 1. The molecule has 154 valence electrons. The molecule has 0 aliphatic carbocycles. The van der Waals surface area contributed by atoms with Gasteiger partial charge in [0, 0.05) is 12.1 Å². The van der Waals surface area contributed by atoms with Crippen LogP contribution in [0, 0.1) is 0 Å². The van der Waals surface area contributed by atoms with Crippen LogP contribution in [0.4, 0.5) is 10.5 Å².